The minimum Gasteiger partial charge on any atom is -0.368 e. The monoisotopic (exact) mass is 621 g/mol. The second-order valence-electron chi connectivity index (χ2n) is 12.8. The second kappa shape index (κ2) is 13.2. The van der Waals surface area contributed by atoms with E-state index in [4.69, 9.17) is 11.6 Å². The molecule has 3 fully saturated rings. The Labute approximate surface area is 270 Å². The lowest BCUT2D eigenvalue weighted by Gasteiger charge is -2.38. The molecule has 3 aliphatic rings. The molecule has 1 atom stereocenters. The van der Waals surface area contributed by atoms with Crippen molar-refractivity contribution < 1.29 is 9.59 Å². The van der Waals surface area contributed by atoms with Gasteiger partial charge in [-0.1, -0.05) is 48.0 Å². The van der Waals surface area contributed by atoms with Gasteiger partial charge in [-0.3, -0.25) is 14.6 Å². The van der Waals surface area contributed by atoms with Crippen molar-refractivity contribution in [2.75, 3.05) is 31.1 Å². The molecule has 0 bridgehead atoms. The molecule has 232 valence electrons. The van der Waals surface area contributed by atoms with E-state index in [1.54, 1.807) is 12.3 Å². The summed E-state index contributed by atoms with van der Waals surface area (Å²) in [6.07, 6.45) is 7.58. The average Bonchev–Trinajstić information content (AvgIpc) is 4.01. The molecule has 3 aromatic carbocycles. The average molecular weight is 622 g/mol. The highest BCUT2D eigenvalue weighted by molar-refractivity contribution is 6.30. The van der Waals surface area contributed by atoms with Crippen molar-refractivity contribution in [1.82, 2.24) is 20.5 Å². The number of nitrogens with zero attached hydrogens (tertiary/aromatic N) is 3. The molecule has 4 aromatic rings. The zero-order chi connectivity index (χ0) is 30.8. The Balaban J connectivity index is 1.03. The number of carbonyl (C=O) groups is 2. The minimum absolute atomic E-state index is 0.0629. The first kappa shape index (κ1) is 29.8. The number of amides is 2. The smallest absolute Gasteiger partial charge is 0.251 e. The zero-order valence-corrected chi connectivity index (χ0v) is 26.3. The van der Waals surface area contributed by atoms with Crippen LogP contribution in [0.25, 0.3) is 10.9 Å². The number of pyridine rings is 1. The Bertz CT molecular complexity index is 1650. The summed E-state index contributed by atoms with van der Waals surface area (Å²) in [4.78, 5) is 36.1. The summed E-state index contributed by atoms with van der Waals surface area (Å²) in [7, 11) is 0. The molecule has 1 aliphatic heterocycles. The number of hydrogen-bond acceptors (Lipinski definition) is 5. The van der Waals surface area contributed by atoms with E-state index < -0.39 is 6.04 Å². The van der Waals surface area contributed by atoms with Gasteiger partial charge < -0.3 is 20.4 Å². The number of nitrogens with one attached hydrogen (secondary N) is 2. The Hall–Kier alpha value is -3.94. The maximum Gasteiger partial charge on any atom is 0.251 e. The molecule has 2 aliphatic carbocycles. The van der Waals surface area contributed by atoms with Gasteiger partial charge in [-0.15, -0.1) is 0 Å². The van der Waals surface area contributed by atoms with Crippen LogP contribution in [0.4, 0.5) is 5.69 Å². The molecule has 7 rings (SSSR count). The topological polar surface area (TPSA) is 77.6 Å². The van der Waals surface area contributed by atoms with Gasteiger partial charge in [-0.2, -0.15) is 0 Å². The predicted octanol–water partition coefficient (Wildman–Crippen LogP) is 5.86. The van der Waals surface area contributed by atoms with Gasteiger partial charge in [0.25, 0.3) is 5.91 Å². The van der Waals surface area contributed by atoms with Crippen molar-refractivity contribution in [2.24, 2.45) is 11.8 Å². The summed E-state index contributed by atoms with van der Waals surface area (Å²) in [5, 5.41) is 8.49. The van der Waals surface area contributed by atoms with Gasteiger partial charge in [0.05, 0.1) is 5.52 Å². The van der Waals surface area contributed by atoms with Crippen LogP contribution in [0.1, 0.15) is 47.2 Å². The van der Waals surface area contributed by atoms with Gasteiger partial charge in [0.1, 0.15) is 6.04 Å². The normalized spacial score (nSPS) is 17.5. The van der Waals surface area contributed by atoms with Crippen LogP contribution in [-0.2, 0) is 17.8 Å². The largest absolute Gasteiger partial charge is 0.368 e. The van der Waals surface area contributed by atoms with Gasteiger partial charge in [0.15, 0.2) is 0 Å². The molecule has 2 heterocycles. The summed E-state index contributed by atoms with van der Waals surface area (Å²) in [5.74, 6) is 1.38. The summed E-state index contributed by atoms with van der Waals surface area (Å²) in [5.41, 5.74) is 4.84. The number of carbonyl (C=O) groups excluding carboxylic acids is 2. The van der Waals surface area contributed by atoms with Gasteiger partial charge in [-0.25, -0.2) is 0 Å². The van der Waals surface area contributed by atoms with Crippen LogP contribution >= 0.6 is 11.6 Å². The number of para-hydroxylation sites is 1. The van der Waals surface area contributed by atoms with Gasteiger partial charge >= 0.3 is 0 Å². The van der Waals surface area contributed by atoms with Crippen molar-refractivity contribution in [3.63, 3.8) is 0 Å². The first-order valence-corrected chi connectivity index (χ1v) is 16.6. The summed E-state index contributed by atoms with van der Waals surface area (Å²) < 4.78 is 0. The van der Waals surface area contributed by atoms with Gasteiger partial charge in [0, 0.05) is 73.0 Å². The van der Waals surface area contributed by atoms with E-state index in [0.717, 1.165) is 47.9 Å². The highest BCUT2D eigenvalue weighted by Crippen LogP contribution is 2.44. The van der Waals surface area contributed by atoms with Crippen molar-refractivity contribution in [3.05, 3.63) is 107 Å². The molecule has 1 unspecified atom stereocenters. The lowest BCUT2D eigenvalue weighted by molar-refractivity contribution is -0.133. The Kier molecular flexibility index (Phi) is 8.72. The fraction of sp³-hybridized carbons (Fsp3) is 0.378. The van der Waals surface area contributed by atoms with Crippen molar-refractivity contribution in [1.29, 1.82) is 0 Å². The maximum absolute atomic E-state index is 14.0. The predicted molar refractivity (Wildman–Crippen MR) is 179 cm³/mol. The van der Waals surface area contributed by atoms with E-state index in [-0.39, 0.29) is 11.8 Å². The van der Waals surface area contributed by atoms with Gasteiger partial charge in [-0.05, 0) is 91.1 Å². The number of benzene rings is 3. The number of halogens is 1. The molecule has 1 aromatic heterocycles. The molecule has 7 nitrogen and oxygen atoms in total. The Morgan fingerprint density at radius 1 is 0.867 bits per heavy atom. The zero-order valence-electron chi connectivity index (χ0n) is 25.5. The standard InChI is InChI=1S/C37H40ClN5O2/c38-31-14-7-25(8-15-31)22-33(41-36(44)29-13-16-32-28(23-29)5-3-17-39-32)37(45)43-20-18-42(19-21-43)34-6-2-1-4-30(34)24-40-35(26-9-10-26)27-11-12-27/h1-8,13-17,23,26-27,33,35,40H,9-12,18-22,24H2,(H,41,44). The molecule has 45 heavy (non-hydrogen) atoms. The van der Waals surface area contributed by atoms with E-state index in [1.165, 1.54) is 36.9 Å². The van der Waals surface area contributed by atoms with E-state index in [2.05, 4.69) is 44.8 Å². The molecule has 1 saturated heterocycles. The van der Waals surface area contributed by atoms with E-state index in [0.29, 0.717) is 36.1 Å². The maximum atomic E-state index is 14.0. The van der Waals surface area contributed by atoms with Crippen molar-refractivity contribution >= 4 is 40.0 Å². The van der Waals surface area contributed by atoms with E-state index in [9.17, 15) is 9.59 Å². The fourth-order valence-electron chi connectivity index (χ4n) is 6.73. The van der Waals surface area contributed by atoms with Gasteiger partial charge in [0.2, 0.25) is 5.91 Å². The molecule has 2 saturated carbocycles. The number of rotatable bonds is 11. The summed E-state index contributed by atoms with van der Waals surface area (Å²) >= 11 is 6.13. The Morgan fingerprint density at radius 2 is 1.60 bits per heavy atom. The van der Waals surface area contributed by atoms with E-state index >= 15 is 0 Å². The third kappa shape index (κ3) is 7.15. The van der Waals surface area contributed by atoms with Crippen LogP contribution in [0, 0.1) is 11.8 Å². The van der Waals surface area contributed by atoms with Crippen LogP contribution < -0.4 is 15.5 Å². The first-order chi connectivity index (χ1) is 22.0. The highest BCUT2D eigenvalue weighted by atomic mass is 35.5. The van der Waals surface area contributed by atoms with Crippen LogP contribution in [-0.4, -0.2) is 60.0 Å². The first-order valence-electron chi connectivity index (χ1n) is 16.3. The highest BCUT2D eigenvalue weighted by Gasteiger charge is 2.41. The molecule has 0 radical (unpaired) electrons. The fourth-order valence-corrected chi connectivity index (χ4v) is 6.85. The SMILES string of the molecule is O=C(NC(Cc1ccc(Cl)cc1)C(=O)N1CCN(c2ccccc2CNC(C2CC2)C2CC2)CC1)c1ccc2ncccc2c1. The minimum atomic E-state index is -0.701. The lowest BCUT2D eigenvalue weighted by atomic mass is 10.0. The molecule has 2 N–H and O–H groups in total. The molecule has 2 amide bonds. The number of hydrogen-bond donors (Lipinski definition) is 2. The number of aromatic nitrogens is 1. The third-order valence-corrected chi connectivity index (χ3v) is 9.79. The van der Waals surface area contributed by atoms with Crippen LogP contribution in [0.2, 0.25) is 5.02 Å². The van der Waals surface area contributed by atoms with Crippen molar-refractivity contribution in [3.8, 4) is 0 Å². The number of anilines is 1. The van der Waals surface area contributed by atoms with Crippen molar-refractivity contribution in [2.45, 2.75) is 50.7 Å². The van der Waals surface area contributed by atoms with Crippen LogP contribution in [0.5, 0.6) is 0 Å². The second-order valence-corrected chi connectivity index (χ2v) is 13.2. The molecule has 0 spiro atoms. The number of piperazine rings is 1. The lowest BCUT2D eigenvalue weighted by Crippen LogP contribution is -2.55. The van der Waals surface area contributed by atoms with E-state index in [1.807, 2.05) is 53.4 Å². The third-order valence-electron chi connectivity index (χ3n) is 9.53. The molecule has 8 heteroatoms. The molecular formula is C37H40ClN5O2. The molecular weight excluding hydrogens is 582 g/mol. The quantitative estimate of drug-likeness (QED) is 0.220. The Morgan fingerprint density at radius 3 is 2.33 bits per heavy atom. The van der Waals surface area contributed by atoms with Crippen LogP contribution in [0.3, 0.4) is 0 Å². The summed E-state index contributed by atoms with van der Waals surface area (Å²) in [6.45, 7) is 3.57. The van der Waals surface area contributed by atoms with Crippen LogP contribution in [0.15, 0.2) is 85.1 Å². The number of fused-ring (bicyclic) bond motifs is 1. The summed E-state index contributed by atoms with van der Waals surface area (Å²) in [6, 6.07) is 25.3.